The second-order valence-corrected chi connectivity index (χ2v) is 8.55. The van der Waals surface area contributed by atoms with Gasteiger partial charge in [-0.1, -0.05) is 35.9 Å². The highest BCUT2D eigenvalue weighted by Gasteiger charge is 2.78. The monoisotopic (exact) mass is 409 g/mol. The predicted molar refractivity (Wildman–Crippen MR) is 111 cm³/mol. The lowest BCUT2D eigenvalue weighted by Crippen LogP contribution is -2.54. The van der Waals surface area contributed by atoms with E-state index in [0.717, 1.165) is 16.8 Å². The van der Waals surface area contributed by atoms with Crippen LogP contribution in [0.15, 0.2) is 41.4 Å². The molecule has 0 radical (unpaired) electrons. The number of likely N-dealkylation sites (N-methyl/N-ethyl adjacent to an activating group) is 1. The highest BCUT2D eigenvalue weighted by atomic mass is 32.2. The molecule has 8 heteroatoms. The van der Waals surface area contributed by atoms with E-state index in [1.54, 1.807) is 36.4 Å². The number of nitro groups is 1. The lowest BCUT2D eigenvalue weighted by atomic mass is 9.73. The van der Waals surface area contributed by atoms with Crippen LogP contribution in [0.2, 0.25) is 0 Å². The van der Waals surface area contributed by atoms with Crippen molar-refractivity contribution in [2.45, 2.75) is 31.0 Å². The Hall–Kier alpha value is -2.87. The maximum absolute atomic E-state index is 13.8. The third kappa shape index (κ3) is 1.90. The summed E-state index contributed by atoms with van der Waals surface area (Å²) in [6.45, 7) is 3.90. The second kappa shape index (κ2) is 5.60. The zero-order chi connectivity index (χ0) is 20.7. The Morgan fingerprint density at radius 2 is 2.00 bits per heavy atom. The van der Waals surface area contributed by atoms with Crippen LogP contribution in [0.25, 0.3) is 0 Å². The zero-order valence-corrected chi connectivity index (χ0v) is 17.2. The number of para-hydroxylation sites is 1. The molecule has 3 aliphatic rings. The molecule has 3 aliphatic heterocycles. The molecule has 0 bridgehead atoms. The number of nitrogens with zero attached hydrogens (tertiary/aromatic N) is 3. The number of hydrogen-bond acceptors (Lipinski definition) is 6. The average molecular weight is 409 g/mol. The number of carbonyl (C=O) groups is 1. The minimum atomic E-state index is -1.90. The Kier molecular flexibility index (Phi) is 3.51. The number of fused-ring (bicyclic) bond motifs is 6. The van der Waals surface area contributed by atoms with E-state index in [9.17, 15) is 14.9 Å². The normalized spacial score (nSPS) is 28.8. The fourth-order valence-electron chi connectivity index (χ4n) is 5.20. The van der Waals surface area contributed by atoms with Crippen LogP contribution in [0.1, 0.15) is 28.2 Å². The minimum absolute atomic E-state index is 0.220. The van der Waals surface area contributed by atoms with Crippen molar-refractivity contribution in [2.24, 2.45) is 4.99 Å². The summed E-state index contributed by atoms with van der Waals surface area (Å²) in [4.78, 5) is 32.2. The van der Waals surface area contributed by atoms with Gasteiger partial charge in [0.05, 0.1) is 10.6 Å². The summed E-state index contributed by atoms with van der Waals surface area (Å²) in [6, 6.07) is 11.1. The molecule has 1 spiro atoms. The first-order valence-corrected chi connectivity index (χ1v) is 10.5. The number of aliphatic imine (C=N–C) groups is 1. The number of carbonyl (C=O) groups excluding carboxylic acids is 1. The molecule has 0 saturated carbocycles. The molecule has 3 heterocycles. The van der Waals surface area contributed by atoms with E-state index >= 15 is 0 Å². The van der Waals surface area contributed by atoms with Gasteiger partial charge in [-0.05, 0) is 31.7 Å². The third-order valence-corrected chi connectivity index (χ3v) is 6.95. The van der Waals surface area contributed by atoms with Crippen molar-refractivity contribution in [3.05, 3.63) is 68.8 Å². The van der Waals surface area contributed by atoms with Crippen LogP contribution in [0, 0.1) is 24.0 Å². The number of ether oxygens (including phenoxy) is 1. The van der Waals surface area contributed by atoms with Crippen LogP contribution in [-0.4, -0.2) is 34.9 Å². The van der Waals surface area contributed by atoms with E-state index in [2.05, 4.69) is 0 Å². The van der Waals surface area contributed by atoms with Crippen molar-refractivity contribution in [1.82, 2.24) is 0 Å². The summed E-state index contributed by atoms with van der Waals surface area (Å²) in [5.74, 6) is -0.703. The van der Waals surface area contributed by atoms with Crippen molar-refractivity contribution in [3.8, 4) is 5.75 Å². The van der Waals surface area contributed by atoms with E-state index in [1.807, 2.05) is 32.0 Å². The summed E-state index contributed by atoms with van der Waals surface area (Å²) in [5, 5.41) is 12.7. The first-order valence-electron chi connectivity index (χ1n) is 9.25. The highest BCUT2D eigenvalue weighted by molar-refractivity contribution is 8.13. The fraction of sp³-hybridized carbons (Fsp3) is 0.333. The lowest BCUT2D eigenvalue weighted by molar-refractivity contribution is -0.590. The molecule has 0 fully saturated rings. The maximum Gasteiger partial charge on any atom is 0.422 e. The van der Waals surface area contributed by atoms with Crippen LogP contribution in [0.4, 0.5) is 5.69 Å². The number of thioether (sulfide) groups is 1. The van der Waals surface area contributed by atoms with Gasteiger partial charge in [0.1, 0.15) is 11.7 Å². The molecule has 29 heavy (non-hydrogen) atoms. The van der Waals surface area contributed by atoms with Crippen molar-refractivity contribution in [1.29, 1.82) is 0 Å². The van der Waals surface area contributed by atoms with E-state index in [-0.39, 0.29) is 11.0 Å². The van der Waals surface area contributed by atoms with Gasteiger partial charge in [-0.2, -0.15) is 0 Å². The van der Waals surface area contributed by atoms with Gasteiger partial charge in [0.2, 0.25) is 0 Å². The largest absolute Gasteiger partial charge is 0.422 e. The molecule has 7 nitrogen and oxygen atoms in total. The van der Waals surface area contributed by atoms with Gasteiger partial charge in [-0.3, -0.25) is 14.9 Å². The highest BCUT2D eigenvalue weighted by Crippen LogP contribution is 2.64. The molecule has 2 aromatic carbocycles. The van der Waals surface area contributed by atoms with Crippen LogP contribution in [0.3, 0.4) is 0 Å². The Balaban J connectivity index is 1.91. The molecule has 0 aromatic heterocycles. The Bertz CT molecular complexity index is 1150. The summed E-state index contributed by atoms with van der Waals surface area (Å²) < 4.78 is 6.01. The quantitative estimate of drug-likeness (QED) is 0.532. The SMILES string of the molecule is CSC1=N[C@@]2(C(=O)N(C)c3c(C)cc(C)cc32)[C@@H]2c3ccccc3O[C@]12[N+](=O)[O-]. The second-order valence-electron chi connectivity index (χ2n) is 7.76. The number of amides is 1. The summed E-state index contributed by atoms with van der Waals surface area (Å²) in [6.07, 6.45) is 1.73. The van der Waals surface area contributed by atoms with E-state index in [1.165, 1.54) is 11.8 Å². The number of aryl methyl sites for hydroxylation is 2. The first-order chi connectivity index (χ1) is 13.8. The summed E-state index contributed by atoms with van der Waals surface area (Å²) in [7, 11) is 1.71. The standard InChI is InChI=1S/C21H19N3O4S/c1-11-9-12(2)16-14(10-11)20(19(25)23(16)3)17-13-7-5-6-8-15(13)28-21(17,24(26)27)18(22-20)29-4/h5-10,17H,1-4H3/t17-,20+,21-/m0/s1. The van der Waals surface area contributed by atoms with Crippen molar-refractivity contribution in [2.75, 3.05) is 18.2 Å². The smallest absolute Gasteiger partial charge is 0.422 e. The van der Waals surface area contributed by atoms with Gasteiger partial charge in [-0.25, -0.2) is 4.99 Å². The van der Waals surface area contributed by atoms with Crippen molar-refractivity contribution >= 4 is 28.4 Å². The van der Waals surface area contributed by atoms with E-state index in [4.69, 9.17) is 9.73 Å². The van der Waals surface area contributed by atoms with Gasteiger partial charge in [0, 0.05) is 18.2 Å². The van der Waals surface area contributed by atoms with Crippen LogP contribution in [-0.2, 0) is 10.3 Å². The molecule has 5 rings (SSSR count). The molecule has 0 aliphatic carbocycles. The molecule has 148 valence electrons. The zero-order valence-electron chi connectivity index (χ0n) is 16.4. The molecule has 0 N–H and O–H groups in total. The molecular formula is C21H19N3O4S. The molecule has 3 atom stereocenters. The summed E-state index contributed by atoms with van der Waals surface area (Å²) in [5.41, 5.74) is 0.731. The molecule has 1 amide bonds. The van der Waals surface area contributed by atoms with Gasteiger partial charge in [0.25, 0.3) is 5.91 Å². The van der Waals surface area contributed by atoms with Gasteiger partial charge < -0.3 is 9.64 Å². The van der Waals surface area contributed by atoms with Gasteiger partial charge in [-0.15, -0.1) is 11.8 Å². The predicted octanol–water partition coefficient (Wildman–Crippen LogP) is 3.40. The maximum atomic E-state index is 13.8. The van der Waals surface area contributed by atoms with Crippen LogP contribution in [0.5, 0.6) is 5.75 Å². The Morgan fingerprint density at radius 1 is 1.28 bits per heavy atom. The Labute approximate surface area is 171 Å². The molecular weight excluding hydrogens is 390 g/mol. The number of anilines is 1. The van der Waals surface area contributed by atoms with Crippen molar-refractivity contribution < 1.29 is 14.5 Å². The van der Waals surface area contributed by atoms with Crippen molar-refractivity contribution in [3.63, 3.8) is 0 Å². The molecule has 0 unspecified atom stereocenters. The average Bonchev–Trinajstić information content (AvgIpc) is 3.24. The number of benzene rings is 2. The molecule has 0 saturated heterocycles. The lowest BCUT2D eigenvalue weighted by Gasteiger charge is -2.28. The van der Waals surface area contributed by atoms with Gasteiger partial charge >= 0.3 is 5.72 Å². The Morgan fingerprint density at radius 3 is 2.69 bits per heavy atom. The van der Waals surface area contributed by atoms with Gasteiger partial charge in [0.15, 0.2) is 10.6 Å². The van der Waals surface area contributed by atoms with Crippen LogP contribution >= 0.6 is 11.8 Å². The first kappa shape index (κ1) is 18.2. The number of rotatable bonds is 1. The van der Waals surface area contributed by atoms with E-state index in [0.29, 0.717) is 16.9 Å². The number of hydrogen-bond donors (Lipinski definition) is 0. The third-order valence-electron chi connectivity index (χ3n) is 6.18. The van der Waals surface area contributed by atoms with E-state index < -0.39 is 22.1 Å². The topological polar surface area (TPSA) is 85.0 Å². The summed E-state index contributed by atoms with van der Waals surface area (Å²) >= 11 is 1.17. The van der Waals surface area contributed by atoms with Crippen LogP contribution < -0.4 is 9.64 Å². The molecule has 2 aromatic rings. The fourth-order valence-corrected chi connectivity index (χ4v) is 5.96. The minimum Gasteiger partial charge on any atom is -0.422 e.